The van der Waals surface area contributed by atoms with E-state index in [0.29, 0.717) is 27.8 Å². The number of benzene rings is 2. The summed E-state index contributed by atoms with van der Waals surface area (Å²) in [7, 11) is 1.53. The van der Waals surface area contributed by atoms with Gasteiger partial charge < -0.3 is 9.47 Å². The van der Waals surface area contributed by atoms with Gasteiger partial charge in [-0.25, -0.2) is 5.01 Å². The van der Waals surface area contributed by atoms with E-state index in [1.165, 1.54) is 19.3 Å². The van der Waals surface area contributed by atoms with Gasteiger partial charge in [-0.1, -0.05) is 29.3 Å². The van der Waals surface area contributed by atoms with Crippen molar-refractivity contribution in [2.45, 2.75) is 20.0 Å². The molecule has 2 aromatic carbocycles. The van der Waals surface area contributed by atoms with Gasteiger partial charge in [0, 0.05) is 0 Å². The fourth-order valence-electron chi connectivity index (χ4n) is 2.66. The Morgan fingerprint density at radius 3 is 2.43 bits per heavy atom. The predicted molar refractivity (Wildman–Crippen MR) is 109 cm³/mol. The van der Waals surface area contributed by atoms with Gasteiger partial charge >= 0.3 is 0 Å². The number of rotatable bonds is 5. The summed E-state index contributed by atoms with van der Waals surface area (Å²) in [6, 6.07) is 9.84. The molecule has 0 spiro atoms. The number of hydrogen-bond acceptors (Lipinski definition) is 4. The Bertz CT molecular complexity index is 973. The van der Waals surface area contributed by atoms with Crippen LogP contribution in [0.1, 0.15) is 19.4 Å². The van der Waals surface area contributed by atoms with Crippen molar-refractivity contribution in [3.63, 3.8) is 0 Å². The summed E-state index contributed by atoms with van der Waals surface area (Å²) in [5.41, 5.74) is 3.55. The average Bonchev–Trinajstić information content (AvgIpc) is 2.93. The number of hydrazine groups is 1. The van der Waals surface area contributed by atoms with Gasteiger partial charge in [0.2, 0.25) is 0 Å². The molecule has 0 unspecified atom stereocenters. The number of carbonyl (C=O) groups is 2. The Labute approximate surface area is 172 Å². The first kappa shape index (κ1) is 20.0. The molecule has 8 heteroatoms. The predicted octanol–water partition coefficient (Wildman–Crippen LogP) is 4.25. The molecule has 1 fully saturated rings. The molecular weight excluding hydrogens is 403 g/mol. The third kappa shape index (κ3) is 4.08. The smallest absolute Gasteiger partial charge is 0.282 e. The van der Waals surface area contributed by atoms with Crippen molar-refractivity contribution in [2.75, 3.05) is 12.1 Å². The Hall–Kier alpha value is -2.70. The van der Waals surface area contributed by atoms with Crippen LogP contribution in [0.2, 0.25) is 10.0 Å². The Morgan fingerprint density at radius 2 is 1.79 bits per heavy atom. The molecule has 0 radical (unpaired) electrons. The highest BCUT2D eigenvalue weighted by atomic mass is 35.5. The molecule has 2 aromatic rings. The summed E-state index contributed by atoms with van der Waals surface area (Å²) in [6.07, 6.45) is 1.48. The number of nitrogens with zero attached hydrogens (tertiary/aromatic N) is 1. The van der Waals surface area contributed by atoms with E-state index >= 15 is 0 Å². The van der Waals surface area contributed by atoms with Crippen molar-refractivity contribution in [1.29, 1.82) is 0 Å². The van der Waals surface area contributed by atoms with Crippen molar-refractivity contribution >= 4 is 46.8 Å². The van der Waals surface area contributed by atoms with E-state index in [0.717, 1.165) is 5.01 Å². The molecule has 1 heterocycles. The summed E-state index contributed by atoms with van der Waals surface area (Å²) < 4.78 is 11.0. The SMILES string of the molecule is COc1cc(/C=C2/C(=O)NN(c3ccc(Cl)c(Cl)c3)C2=O)ccc1OC(C)C. The van der Waals surface area contributed by atoms with E-state index in [1.54, 1.807) is 30.3 Å². The van der Waals surface area contributed by atoms with Gasteiger partial charge in [-0.3, -0.25) is 15.0 Å². The Balaban J connectivity index is 1.91. The lowest BCUT2D eigenvalue weighted by Gasteiger charge is -2.15. The molecule has 0 aliphatic carbocycles. The third-order valence-corrected chi connectivity index (χ3v) is 4.65. The molecular formula is C20H18Cl2N2O4. The van der Waals surface area contributed by atoms with Gasteiger partial charge in [-0.15, -0.1) is 0 Å². The van der Waals surface area contributed by atoms with Crippen LogP contribution in [0.25, 0.3) is 6.08 Å². The van der Waals surface area contributed by atoms with Crippen molar-refractivity contribution < 1.29 is 19.1 Å². The van der Waals surface area contributed by atoms with E-state index in [2.05, 4.69) is 5.43 Å². The minimum absolute atomic E-state index is 0.00865. The van der Waals surface area contributed by atoms with Gasteiger partial charge in [-0.2, -0.15) is 0 Å². The normalized spacial score (nSPS) is 15.4. The van der Waals surface area contributed by atoms with Crippen molar-refractivity contribution in [1.82, 2.24) is 5.43 Å². The van der Waals surface area contributed by atoms with Gasteiger partial charge in [0.25, 0.3) is 11.8 Å². The van der Waals surface area contributed by atoms with E-state index < -0.39 is 11.8 Å². The van der Waals surface area contributed by atoms with E-state index in [-0.39, 0.29) is 16.7 Å². The Morgan fingerprint density at radius 1 is 1.04 bits per heavy atom. The van der Waals surface area contributed by atoms with Crippen LogP contribution in [0.5, 0.6) is 11.5 Å². The molecule has 1 saturated heterocycles. The number of ether oxygens (including phenoxy) is 2. The Kier molecular flexibility index (Phi) is 5.82. The van der Waals surface area contributed by atoms with Gasteiger partial charge in [0.1, 0.15) is 5.57 Å². The monoisotopic (exact) mass is 420 g/mol. The van der Waals surface area contributed by atoms with E-state index in [9.17, 15) is 9.59 Å². The quantitative estimate of drug-likeness (QED) is 0.579. The summed E-state index contributed by atoms with van der Waals surface area (Å²) in [4.78, 5) is 25.1. The highest BCUT2D eigenvalue weighted by Crippen LogP contribution is 2.31. The van der Waals surface area contributed by atoms with Crippen LogP contribution in [0.3, 0.4) is 0 Å². The summed E-state index contributed by atoms with van der Waals surface area (Å²) in [5, 5.41) is 1.77. The minimum Gasteiger partial charge on any atom is -0.493 e. The molecule has 0 saturated carbocycles. The number of nitrogens with one attached hydrogen (secondary N) is 1. The maximum Gasteiger partial charge on any atom is 0.282 e. The molecule has 0 atom stereocenters. The maximum absolute atomic E-state index is 12.7. The second-order valence-electron chi connectivity index (χ2n) is 6.31. The van der Waals surface area contributed by atoms with E-state index in [1.807, 2.05) is 13.8 Å². The molecule has 3 rings (SSSR count). The fraction of sp³-hybridized carbons (Fsp3) is 0.200. The van der Waals surface area contributed by atoms with Crippen LogP contribution < -0.4 is 19.9 Å². The number of hydrogen-bond donors (Lipinski definition) is 1. The second kappa shape index (κ2) is 8.12. The van der Waals surface area contributed by atoms with Crippen molar-refractivity contribution in [3.8, 4) is 11.5 Å². The molecule has 1 aliphatic heterocycles. The minimum atomic E-state index is -0.516. The van der Waals surface area contributed by atoms with Gasteiger partial charge in [0.15, 0.2) is 11.5 Å². The van der Waals surface area contributed by atoms with E-state index in [4.69, 9.17) is 32.7 Å². The highest BCUT2D eigenvalue weighted by molar-refractivity contribution is 6.42. The molecule has 1 N–H and O–H groups in total. The second-order valence-corrected chi connectivity index (χ2v) is 7.13. The standard InChI is InChI=1S/C20H18Cl2N2O4/c1-11(2)28-17-7-4-12(9-18(17)27-3)8-14-19(25)23-24(20(14)26)13-5-6-15(21)16(22)10-13/h4-11H,1-3H3,(H,23,25)/b14-8-. The first-order chi connectivity index (χ1) is 13.3. The number of carbonyl (C=O) groups excluding carboxylic acids is 2. The van der Waals surface area contributed by atoms with Crippen LogP contribution in [0, 0.1) is 0 Å². The topological polar surface area (TPSA) is 67.9 Å². The number of amides is 2. The molecule has 6 nitrogen and oxygen atoms in total. The van der Waals surface area contributed by atoms with Crippen LogP contribution in [0.4, 0.5) is 5.69 Å². The number of methoxy groups -OCH3 is 1. The van der Waals surface area contributed by atoms with Crippen molar-refractivity contribution in [3.05, 3.63) is 57.6 Å². The van der Waals surface area contributed by atoms with Crippen LogP contribution in [0.15, 0.2) is 42.0 Å². The van der Waals surface area contributed by atoms with Gasteiger partial charge in [-0.05, 0) is 55.8 Å². The lowest BCUT2D eigenvalue weighted by molar-refractivity contribution is -0.117. The fourth-order valence-corrected chi connectivity index (χ4v) is 2.95. The molecule has 0 aromatic heterocycles. The summed E-state index contributed by atoms with van der Waals surface area (Å²) >= 11 is 11.9. The van der Waals surface area contributed by atoms with Crippen LogP contribution in [-0.2, 0) is 9.59 Å². The zero-order valence-electron chi connectivity index (χ0n) is 15.5. The highest BCUT2D eigenvalue weighted by Gasteiger charge is 2.34. The first-order valence-corrected chi connectivity index (χ1v) is 9.22. The van der Waals surface area contributed by atoms with Crippen molar-refractivity contribution in [2.24, 2.45) is 0 Å². The first-order valence-electron chi connectivity index (χ1n) is 8.47. The molecule has 1 aliphatic rings. The van der Waals surface area contributed by atoms with Crippen LogP contribution >= 0.6 is 23.2 Å². The zero-order chi connectivity index (χ0) is 20.4. The molecule has 2 amide bonds. The maximum atomic E-state index is 12.7. The average molecular weight is 421 g/mol. The molecule has 146 valence electrons. The lowest BCUT2D eigenvalue weighted by Crippen LogP contribution is -2.35. The summed E-state index contributed by atoms with van der Waals surface area (Å²) in [6.45, 7) is 3.82. The zero-order valence-corrected chi connectivity index (χ0v) is 17.0. The van der Waals surface area contributed by atoms with Crippen LogP contribution in [-0.4, -0.2) is 25.0 Å². The third-order valence-electron chi connectivity index (χ3n) is 3.91. The van der Waals surface area contributed by atoms with Gasteiger partial charge in [0.05, 0.1) is 28.9 Å². The number of anilines is 1. The lowest BCUT2D eigenvalue weighted by atomic mass is 10.1. The number of halogens is 2. The molecule has 0 bridgehead atoms. The largest absolute Gasteiger partial charge is 0.493 e. The summed E-state index contributed by atoms with van der Waals surface area (Å²) in [5.74, 6) is 0.0805. The molecule has 28 heavy (non-hydrogen) atoms.